The number of fused-ring (bicyclic) bond motifs is 3. The smallest absolute Gasteiger partial charge is 0.225 e. The molecule has 4 aromatic heterocycles. The van der Waals surface area contributed by atoms with Gasteiger partial charge in [-0.25, -0.2) is 0 Å². The van der Waals surface area contributed by atoms with Crippen molar-refractivity contribution < 1.29 is 0 Å². The van der Waals surface area contributed by atoms with Crippen LogP contribution in [0.15, 0.2) is 36.7 Å². The molecule has 0 unspecified atom stereocenters. The van der Waals surface area contributed by atoms with Gasteiger partial charge in [-0.1, -0.05) is 12.1 Å². The SMILES string of the molecule is Nc1nc(N)nc(-c2c(-c3nc(N)nc(N)n3)c3cccnc3c3ncccc23)n1. The zero-order valence-corrected chi connectivity index (χ0v) is 15.4. The van der Waals surface area contributed by atoms with E-state index in [9.17, 15) is 0 Å². The van der Waals surface area contributed by atoms with Gasteiger partial charge in [0.15, 0.2) is 11.6 Å². The topological polar surface area (TPSA) is 207 Å². The molecule has 0 aliphatic heterocycles. The van der Waals surface area contributed by atoms with Crippen molar-refractivity contribution in [1.29, 1.82) is 0 Å². The maximum atomic E-state index is 5.84. The molecule has 0 saturated carbocycles. The lowest BCUT2D eigenvalue weighted by molar-refractivity contribution is 1.07. The minimum atomic E-state index is -0.0264. The first-order chi connectivity index (χ1) is 14.5. The van der Waals surface area contributed by atoms with Crippen molar-refractivity contribution in [2.24, 2.45) is 0 Å². The molecule has 5 aromatic rings. The monoisotopic (exact) mass is 398 g/mol. The van der Waals surface area contributed by atoms with E-state index in [4.69, 9.17) is 22.9 Å². The molecule has 146 valence electrons. The van der Waals surface area contributed by atoms with Crippen LogP contribution in [0.5, 0.6) is 0 Å². The van der Waals surface area contributed by atoms with Crippen LogP contribution in [0, 0.1) is 0 Å². The fourth-order valence-corrected chi connectivity index (χ4v) is 3.37. The summed E-state index contributed by atoms with van der Waals surface area (Å²) in [7, 11) is 0. The first-order valence-electron chi connectivity index (χ1n) is 8.71. The molecule has 0 atom stereocenters. The fraction of sp³-hybridized carbons (Fsp3) is 0. The van der Waals surface area contributed by atoms with E-state index in [1.807, 2.05) is 12.1 Å². The van der Waals surface area contributed by atoms with Crippen molar-refractivity contribution in [2.45, 2.75) is 0 Å². The highest BCUT2D eigenvalue weighted by molar-refractivity contribution is 6.17. The van der Waals surface area contributed by atoms with Crippen LogP contribution in [-0.4, -0.2) is 39.9 Å². The highest BCUT2D eigenvalue weighted by atomic mass is 15.2. The van der Waals surface area contributed by atoms with Gasteiger partial charge in [0.1, 0.15) is 0 Å². The second kappa shape index (κ2) is 6.41. The van der Waals surface area contributed by atoms with E-state index in [0.717, 1.165) is 0 Å². The van der Waals surface area contributed by atoms with Gasteiger partial charge in [-0.05, 0) is 12.1 Å². The zero-order chi connectivity index (χ0) is 20.8. The Morgan fingerprint density at radius 2 is 0.867 bits per heavy atom. The van der Waals surface area contributed by atoms with Crippen molar-refractivity contribution in [3.63, 3.8) is 0 Å². The zero-order valence-electron chi connectivity index (χ0n) is 15.4. The van der Waals surface area contributed by atoms with Gasteiger partial charge in [0.2, 0.25) is 23.8 Å². The van der Waals surface area contributed by atoms with Gasteiger partial charge in [0.05, 0.1) is 11.0 Å². The normalized spacial score (nSPS) is 11.2. The highest BCUT2D eigenvalue weighted by Gasteiger charge is 2.23. The van der Waals surface area contributed by atoms with Gasteiger partial charge in [0.25, 0.3) is 0 Å². The number of hydrogen-bond donors (Lipinski definition) is 4. The average Bonchev–Trinajstić information content (AvgIpc) is 2.71. The molecule has 0 spiro atoms. The van der Waals surface area contributed by atoms with E-state index in [2.05, 4.69) is 39.9 Å². The largest absolute Gasteiger partial charge is 0.368 e. The Labute approximate surface area is 168 Å². The minimum absolute atomic E-state index is 0.0264. The molecule has 4 heterocycles. The van der Waals surface area contributed by atoms with Crippen LogP contribution in [0.3, 0.4) is 0 Å². The van der Waals surface area contributed by atoms with Gasteiger partial charge >= 0.3 is 0 Å². The third-order valence-corrected chi connectivity index (χ3v) is 4.42. The first kappa shape index (κ1) is 17.4. The number of anilines is 4. The molecular weight excluding hydrogens is 384 g/mol. The summed E-state index contributed by atoms with van der Waals surface area (Å²) in [5.74, 6) is 0.360. The number of pyridine rings is 2. The molecule has 12 nitrogen and oxygen atoms in total. The molecule has 0 saturated heterocycles. The lowest BCUT2D eigenvalue weighted by Crippen LogP contribution is -2.08. The number of nitrogen functional groups attached to an aromatic ring is 4. The van der Waals surface area contributed by atoms with E-state index in [0.29, 0.717) is 32.9 Å². The van der Waals surface area contributed by atoms with Gasteiger partial charge < -0.3 is 22.9 Å². The summed E-state index contributed by atoms with van der Waals surface area (Å²) in [6.45, 7) is 0. The number of hydrogen-bond acceptors (Lipinski definition) is 12. The Morgan fingerprint density at radius 1 is 0.500 bits per heavy atom. The molecular formula is C18H14N12. The van der Waals surface area contributed by atoms with Crippen molar-refractivity contribution in [3.05, 3.63) is 36.7 Å². The molecule has 5 rings (SSSR count). The van der Waals surface area contributed by atoms with Crippen LogP contribution >= 0.6 is 0 Å². The molecule has 1 aromatic carbocycles. The van der Waals surface area contributed by atoms with Crippen LogP contribution in [0.25, 0.3) is 44.6 Å². The number of rotatable bonds is 2. The van der Waals surface area contributed by atoms with Crippen molar-refractivity contribution in [3.8, 4) is 22.8 Å². The molecule has 0 radical (unpaired) electrons. The third-order valence-electron chi connectivity index (χ3n) is 4.42. The Balaban J connectivity index is 2.05. The number of nitrogens with zero attached hydrogens (tertiary/aromatic N) is 8. The first-order valence-corrected chi connectivity index (χ1v) is 8.71. The Morgan fingerprint density at radius 3 is 1.23 bits per heavy atom. The van der Waals surface area contributed by atoms with Crippen molar-refractivity contribution in [2.75, 3.05) is 22.9 Å². The second-order valence-corrected chi connectivity index (χ2v) is 6.30. The van der Waals surface area contributed by atoms with Crippen LogP contribution in [0.2, 0.25) is 0 Å². The van der Waals surface area contributed by atoms with Crippen molar-refractivity contribution >= 4 is 45.6 Å². The highest BCUT2D eigenvalue weighted by Crippen LogP contribution is 2.41. The summed E-state index contributed by atoms with van der Waals surface area (Å²) in [5, 5.41) is 1.39. The molecule has 0 amide bonds. The summed E-state index contributed by atoms with van der Waals surface area (Å²) in [6, 6.07) is 7.29. The van der Waals surface area contributed by atoms with E-state index in [1.165, 1.54) is 0 Å². The maximum absolute atomic E-state index is 5.84. The molecule has 0 bridgehead atoms. The number of aromatic nitrogens is 8. The maximum Gasteiger partial charge on any atom is 0.225 e. The average molecular weight is 398 g/mol. The summed E-state index contributed by atoms with van der Waals surface area (Å²) in [5.41, 5.74) is 25.7. The summed E-state index contributed by atoms with van der Waals surface area (Å²) in [4.78, 5) is 33.9. The van der Waals surface area contributed by atoms with Gasteiger partial charge in [-0.15, -0.1) is 0 Å². The lowest BCUT2D eigenvalue weighted by atomic mass is 9.95. The van der Waals surface area contributed by atoms with E-state index in [1.54, 1.807) is 24.5 Å². The van der Waals surface area contributed by atoms with Crippen LogP contribution in [0.4, 0.5) is 23.8 Å². The summed E-state index contributed by atoms with van der Waals surface area (Å²) >= 11 is 0. The molecule has 0 aliphatic carbocycles. The number of benzene rings is 1. The third kappa shape index (κ3) is 2.71. The Hall–Kier alpha value is -4.74. The van der Waals surface area contributed by atoms with Gasteiger partial charge in [-0.2, -0.15) is 29.9 Å². The van der Waals surface area contributed by atoms with Crippen LogP contribution in [-0.2, 0) is 0 Å². The Kier molecular flexibility index (Phi) is 3.71. The fourth-order valence-electron chi connectivity index (χ4n) is 3.37. The summed E-state index contributed by atoms with van der Waals surface area (Å²) in [6.07, 6.45) is 3.35. The van der Waals surface area contributed by atoms with Crippen LogP contribution < -0.4 is 22.9 Å². The summed E-state index contributed by atoms with van der Waals surface area (Å²) < 4.78 is 0. The molecule has 30 heavy (non-hydrogen) atoms. The van der Waals surface area contributed by atoms with E-state index < -0.39 is 0 Å². The predicted octanol–water partition coefficient (Wildman–Crippen LogP) is 0.816. The molecule has 0 aliphatic rings. The van der Waals surface area contributed by atoms with Crippen molar-refractivity contribution in [1.82, 2.24) is 39.9 Å². The van der Waals surface area contributed by atoms with Gasteiger partial charge in [-0.3, -0.25) is 9.97 Å². The minimum Gasteiger partial charge on any atom is -0.368 e. The molecule has 0 fully saturated rings. The predicted molar refractivity (Wildman–Crippen MR) is 112 cm³/mol. The van der Waals surface area contributed by atoms with E-state index in [-0.39, 0.29) is 35.4 Å². The molecule has 8 N–H and O–H groups in total. The lowest BCUT2D eigenvalue weighted by Gasteiger charge is -2.15. The van der Waals surface area contributed by atoms with Crippen LogP contribution in [0.1, 0.15) is 0 Å². The number of nitrogens with two attached hydrogens (primary N) is 4. The quantitative estimate of drug-likeness (QED) is 0.305. The van der Waals surface area contributed by atoms with Gasteiger partial charge in [0, 0.05) is 34.3 Å². The molecule has 12 heteroatoms. The van der Waals surface area contributed by atoms with E-state index >= 15 is 0 Å². The Bertz CT molecular complexity index is 1300. The standard InChI is InChI=1S/C18H14N12/c19-15-25-13(26-16(20)29-15)9-7-3-1-5-23-11(7)12-8(4-2-6-24-12)10(9)14-27-17(21)30-18(22)28-14/h1-6H,(H4,19,20,25,26,29)(H4,21,22,27,28,30). The second-order valence-electron chi connectivity index (χ2n) is 6.30.